The van der Waals surface area contributed by atoms with E-state index in [1.165, 1.54) is 0 Å². The van der Waals surface area contributed by atoms with E-state index in [2.05, 4.69) is 6.58 Å². The van der Waals surface area contributed by atoms with Crippen LogP contribution in [0.3, 0.4) is 0 Å². The molecule has 0 aromatic carbocycles. The number of nitrogens with two attached hydrogens (primary N) is 1. The molecule has 0 aromatic rings. The summed E-state index contributed by atoms with van der Waals surface area (Å²) >= 11 is 0. The Morgan fingerprint density at radius 1 is 1.50 bits per heavy atom. The van der Waals surface area contributed by atoms with Gasteiger partial charge >= 0.3 is 0 Å². The number of primary amides is 1. The Morgan fingerprint density at radius 3 is 2.43 bits per heavy atom. The molecule has 0 fully saturated rings. The summed E-state index contributed by atoms with van der Waals surface area (Å²) in [6.07, 6.45) is 0.650. The van der Waals surface area contributed by atoms with Crippen molar-refractivity contribution < 1.29 is 14.6 Å². The van der Waals surface area contributed by atoms with Gasteiger partial charge in [-0.1, -0.05) is 20.4 Å². The van der Waals surface area contributed by atoms with Crippen LogP contribution in [0.1, 0.15) is 33.1 Å². The molecule has 2 atom stereocenters. The van der Waals surface area contributed by atoms with Gasteiger partial charge < -0.3 is 15.6 Å². The molecule has 0 aliphatic heterocycles. The Balaban J connectivity index is 4.02. The molecule has 2 unspecified atom stereocenters. The van der Waals surface area contributed by atoms with Crippen molar-refractivity contribution in [1.29, 1.82) is 0 Å². The fraction of sp³-hybridized carbons (Fsp3) is 0.700. The van der Waals surface area contributed by atoms with Gasteiger partial charge in [-0.25, -0.2) is 0 Å². The van der Waals surface area contributed by atoms with Crippen molar-refractivity contribution in [2.45, 2.75) is 45.5 Å². The van der Waals surface area contributed by atoms with Crippen molar-refractivity contribution >= 4 is 5.91 Å². The van der Waals surface area contributed by atoms with E-state index in [9.17, 15) is 9.90 Å². The maximum atomic E-state index is 10.7. The van der Waals surface area contributed by atoms with E-state index in [0.29, 0.717) is 24.8 Å². The van der Waals surface area contributed by atoms with Gasteiger partial charge in [-0.3, -0.25) is 4.79 Å². The maximum absolute atomic E-state index is 10.7. The van der Waals surface area contributed by atoms with Gasteiger partial charge in [-0.2, -0.15) is 0 Å². The Hall–Kier alpha value is -0.870. The molecule has 4 nitrogen and oxygen atoms in total. The topological polar surface area (TPSA) is 72.6 Å². The molecular weight excluding hydrogens is 182 g/mol. The summed E-state index contributed by atoms with van der Waals surface area (Å²) in [7, 11) is 0. The maximum Gasteiger partial charge on any atom is 0.244 e. The predicted molar refractivity (Wildman–Crippen MR) is 54.4 cm³/mol. The number of ether oxygens (including phenoxy) is 1. The smallest absolute Gasteiger partial charge is 0.244 e. The van der Waals surface area contributed by atoms with Gasteiger partial charge in [0, 0.05) is 12.0 Å². The molecule has 0 aliphatic carbocycles. The lowest BCUT2D eigenvalue weighted by atomic mass is 10.1. The van der Waals surface area contributed by atoms with E-state index in [4.69, 9.17) is 10.5 Å². The van der Waals surface area contributed by atoms with Gasteiger partial charge in [-0.05, 0) is 12.8 Å². The first kappa shape index (κ1) is 13.1. The lowest BCUT2D eigenvalue weighted by Crippen LogP contribution is -2.24. The van der Waals surface area contributed by atoms with Crippen molar-refractivity contribution in [2.75, 3.05) is 0 Å². The van der Waals surface area contributed by atoms with Gasteiger partial charge in [0.2, 0.25) is 5.91 Å². The van der Waals surface area contributed by atoms with Crippen LogP contribution in [0.2, 0.25) is 0 Å². The number of carbonyl (C=O) groups excluding carboxylic acids is 1. The van der Waals surface area contributed by atoms with Crippen LogP contribution in [-0.2, 0) is 9.53 Å². The average Bonchev–Trinajstić information content (AvgIpc) is 2.16. The molecule has 82 valence electrons. The molecule has 0 saturated heterocycles. The Bertz CT molecular complexity index is 204. The summed E-state index contributed by atoms with van der Waals surface area (Å²) in [5.74, 6) is -0.516. The zero-order valence-electron chi connectivity index (χ0n) is 8.82. The third-order valence-corrected chi connectivity index (χ3v) is 1.98. The first-order valence-electron chi connectivity index (χ1n) is 4.82. The summed E-state index contributed by atoms with van der Waals surface area (Å²) in [5, 5.41) is 9.24. The summed E-state index contributed by atoms with van der Waals surface area (Å²) in [6, 6.07) is 0. The van der Waals surface area contributed by atoms with Crippen LogP contribution in [-0.4, -0.2) is 23.4 Å². The van der Waals surface area contributed by atoms with Crippen molar-refractivity contribution in [3.8, 4) is 0 Å². The Labute approximate surface area is 84.7 Å². The molecule has 0 spiro atoms. The second kappa shape index (κ2) is 6.56. The minimum absolute atomic E-state index is 0.190. The number of hydrogen-bond acceptors (Lipinski definition) is 3. The van der Waals surface area contributed by atoms with Crippen molar-refractivity contribution in [3.05, 3.63) is 12.2 Å². The Kier molecular flexibility index (Phi) is 6.16. The SMILES string of the molecule is C=C(CC(CC)OC(O)CC)C(N)=O. The molecule has 0 bridgehead atoms. The molecule has 1 amide bonds. The normalized spacial score (nSPS) is 14.8. The molecule has 0 saturated carbocycles. The average molecular weight is 201 g/mol. The lowest BCUT2D eigenvalue weighted by molar-refractivity contribution is -0.138. The molecule has 0 rings (SSSR count). The van der Waals surface area contributed by atoms with Gasteiger partial charge in [-0.15, -0.1) is 0 Å². The number of aliphatic hydroxyl groups excluding tert-OH is 1. The summed E-state index contributed by atoms with van der Waals surface area (Å²) in [4.78, 5) is 10.7. The van der Waals surface area contributed by atoms with E-state index >= 15 is 0 Å². The minimum Gasteiger partial charge on any atom is -0.368 e. The van der Waals surface area contributed by atoms with Crippen LogP contribution < -0.4 is 5.73 Å². The Morgan fingerprint density at radius 2 is 2.07 bits per heavy atom. The zero-order valence-corrected chi connectivity index (χ0v) is 8.82. The molecule has 0 heterocycles. The highest BCUT2D eigenvalue weighted by molar-refractivity contribution is 5.91. The quantitative estimate of drug-likeness (QED) is 0.475. The largest absolute Gasteiger partial charge is 0.368 e. The van der Waals surface area contributed by atoms with Crippen molar-refractivity contribution in [2.24, 2.45) is 5.73 Å². The van der Waals surface area contributed by atoms with E-state index in [1.807, 2.05) is 13.8 Å². The first-order chi connectivity index (χ1) is 6.51. The van der Waals surface area contributed by atoms with Crippen LogP contribution in [0.25, 0.3) is 0 Å². The van der Waals surface area contributed by atoms with Crippen LogP contribution in [0.15, 0.2) is 12.2 Å². The van der Waals surface area contributed by atoms with E-state index < -0.39 is 12.2 Å². The molecule has 0 aliphatic rings. The zero-order chi connectivity index (χ0) is 11.1. The van der Waals surface area contributed by atoms with E-state index in [-0.39, 0.29) is 6.10 Å². The van der Waals surface area contributed by atoms with Crippen LogP contribution >= 0.6 is 0 Å². The van der Waals surface area contributed by atoms with E-state index in [0.717, 1.165) is 0 Å². The van der Waals surface area contributed by atoms with Gasteiger partial charge in [0.15, 0.2) is 6.29 Å². The molecule has 4 heteroatoms. The number of amides is 1. The molecule has 0 aromatic heterocycles. The highest BCUT2D eigenvalue weighted by atomic mass is 16.6. The summed E-state index contributed by atoms with van der Waals surface area (Å²) in [6.45, 7) is 7.28. The van der Waals surface area contributed by atoms with Crippen LogP contribution in [0.4, 0.5) is 0 Å². The number of hydrogen-bond donors (Lipinski definition) is 2. The monoisotopic (exact) mass is 201 g/mol. The molecule has 0 radical (unpaired) electrons. The third-order valence-electron chi connectivity index (χ3n) is 1.98. The van der Waals surface area contributed by atoms with Crippen molar-refractivity contribution in [3.63, 3.8) is 0 Å². The molecular formula is C10H19NO3. The van der Waals surface area contributed by atoms with Crippen molar-refractivity contribution in [1.82, 2.24) is 0 Å². The van der Waals surface area contributed by atoms with Crippen LogP contribution in [0.5, 0.6) is 0 Å². The second-order valence-electron chi connectivity index (χ2n) is 3.20. The van der Waals surface area contributed by atoms with Gasteiger partial charge in [0.1, 0.15) is 0 Å². The summed E-state index contributed by atoms with van der Waals surface area (Å²) in [5.41, 5.74) is 5.38. The number of aliphatic hydroxyl groups is 1. The highest BCUT2D eigenvalue weighted by Crippen LogP contribution is 2.12. The number of rotatable bonds is 7. The molecule has 3 N–H and O–H groups in total. The highest BCUT2D eigenvalue weighted by Gasteiger charge is 2.14. The predicted octanol–water partition coefficient (Wildman–Crippen LogP) is 0.942. The first-order valence-corrected chi connectivity index (χ1v) is 4.82. The fourth-order valence-electron chi connectivity index (χ4n) is 0.982. The standard InChI is InChI=1S/C10H19NO3/c1-4-8(14-9(12)5-2)6-7(3)10(11)13/h8-9,12H,3-6H2,1-2H3,(H2,11,13). The molecule has 14 heavy (non-hydrogen) atoms. The van der Waals surface area contributed by atoms with Gasteiger partial charge in [0.25, 0.3) is 0 Å². The van der Waals surface area contributed by atoms with E-state index in [1.54, 1.807) is 0 Å². The summed E-state index contributed by atoms with van der Waals surface area (Å²) < 4.78 is 5.26. The lowest BCUT2D eigenvalue weighted by Gasteiger charge is -2.19. The fourth-order valence-corrected chi connectivity index (χ4v) is 0.982. The van der Waals surface area contributed by atoms with Crippen LogP contribution in [0, 0.1) is 0 Å². The number of carbonyl (C=O) groups is 1. The minimum atomic E-state index is -0.777. The second-order valence-corrected chi connectivity index (χ2v) is 3.20. The van der Waals surface area contributed by atoms with Gasteiger partial charge in [0.05, 0.1) is 6.10 Å². The third kappa shape index (κ3) is 4.99.